The van der Waals surface area contributed by atoms with Gasteiger partial charge < -0.3 is 15.2 Å². The third-order valence-electron chi connectivity index (χ3n) is 6.85. The molecule has 24 heavy (non-hydrogen) atoms. The van der Waals surface area contributed by atoms with Crippen molar-refractivity contribution in [1.82, 2.24) is 0 Å². The van der Waals surface area contributed by atoms with E-state index in [1.54, 1.807) is 0 Å². The molecule has 0 spiro atoms. The highest BCUT2D eigenvalue weighted by Crippen LogP contribution is 2.69. The first-order valence-electron chi connectivity index (χ1n) is 8.65. The highest BCUT2D eigenvalue weighted by atomic mass is 16.7. The largest absolute Gasteiger partial charge is 0.457 e. The monoisotopic (exact) mass is 336 g/mol. The molecule has 0 aromatic heterocycles. The summed E-state index contributed by atoms with van der Waals surface area (Å²) in [4.78, 5) is 28.4. The van der Waals surface area contributed by atoms with Crippen LogP contribution in [0.5, 0.6) is 0 Å². The maximum atomic E-state index is 12.3. The maximum absolute atomic E-state index is 12.3. The van der Waals surface area contributed by atoms with Crippen molar-refractivity contribution < 1.29 is 23.9 Å². The lowest BCUT2D eigenvalue weighted by atomic mass is 9.67. The molecule has 7 heteroatoms. The fourth-order valence-corrected chi connectivity index (χ4v) is 6.36. The fourth-order valence-electron chi connectivity index (χ4n) is 6.36. The van der Waals surface area contributed by atoms with Crippen LogP contribution < -0.4 is 11.6 Å². The normalized spacial score (nSPS) is 44.4. The number of nitrogens with two attached hydrogens (primary N) is 2. The van der Waals surface area contributed by atoms with E-state index in [1.807, 2.05) is 0 Å². The standard InChI is InChI=1S/C17H24N2O5/c1-7(18)16(20)24-13-5-9-4-12(13)15-10-2-8(14(9)15)3-11(10)17(21)22-6-23-19/h8-15H,1-6,18-19H2. The average molecular weight is 336 g/mol. The van der Waals surface area contributed by atoms with E-state index in [9.17, 15) is 9.59 Å². The first-order chi connectivity index (χ1) is 11.5. The predicted octanol–water partition coefficient (Wildman–Crippen LogP) is 0.690. The number of carbonyl (C=O) groups is 2. The van der Waals surface area contributed by atoms with Crippen LogP contribution in [-0.4, -0.2) is 24.8 Å². The second-order valence-corrected chi connectivity index (χ2v) is 7.77. The second-order valence-electron chi connectivity index (χ2n) is 7.77. The van der Waals surface area contributed by atoms with Gasteiger partial charge in [0.2, 0.25) is 6.79 Å². The highest BCUT2D eigenvalue weighted by Gasteiger charge is 2.66. The van der Waals surface area contributed by atoms with Crippen molar-refractivity contribution >= 4 is 11.9 Å². The van der Waals surface area contributed by atoms with Gasteiger partial charge in [-0.1, -0.05) is 6.58 Å². The topological polar surface area (TPSA) is 114 Å². The van der Waals surface area contributed by atoms with Crippen LogP contribution in [0.3, 0.4) is 0 Å². The van der Waals surface area contributed by atoms with E-state index in [2.05, 4.69) is 11.4 Å². The van der Waals surface area contributed by atoms with Crippen molar-refractivity contribution in [2.75, 3.05) is 6.79 Å². The summed E-state index contributed by atoms with van der Waals surface area (Å²) in [6.07, 6.45) is 3.90. The van der Waals surface area contributed by atoms with Gasteiger partial charge in [0.1, 0.15) is 11.8 Å². The lowest BCUT2D eigenvalue weighted by Crippen LogP contribution is -2.42. The van der Waals surface area contributed by atoms with Gasteiger partial charge in [0.05, 0.1) is 5.92 Å². The Bertz CT molecular complexity index is 579. The quantitative estimate of drug-likeness (QED) is 0.250. The molecule has 0 aliphatic heterocycles. The number of rotatable bonds is 5. The first kappa shape index (κ1) is 15.9. The summed E-state index contributed by atoms with van der Waals surface area (Å²) >= 11 is 0. The summed E-state index contributed by atoms with van der Waals surface area (Å²) in [5.74, 6) is 7.10. The molecule has 7 nitrogen and oxygen atoms in total. The molecule has 0 aromatic carbocycles. The predicted molar refractivity (Wildman–Crippen MR) is 82.3 cm³/mol. The molecule has 132 valence electrons. The SMILES string of the molecule is C=C(N)C(=O)OC1CC2CC1C1C3CC(CC3C(=O)OCON)C21. The lowest BCUT2D eigenvalue weighted by Gasteiger charge is -2.40. The molecule has 0 radical (unpaired) electrons. The van der Waals surface area contributed by atoms with Crippen LogP contribution in [0, 0.1) is 41.4 Å². The Labute approximate surface area is 140 Å². The Balaban J connectivity index is 1.46. The summed E-state index contributed by atoms with van der Waals surface area (Å²) < 4.78 is 10.6. The Hall–Kier alpha value is -1.60. The Morgan fingerprint density at radius 2 is 1.75 bits per heavy atom. The summed E-state index contributed by atoms with van der Waals surface area (Å²) in [5, 5.41) is 0. The van der Waals surface area contributed by atoms with Crippen LogP contribution >= 0.6 is 0 Å². The minimum Gasteiger partial charge on any atom is -0.457 e. The molecular formula is C17H24N2O5. The van der Waals surface area contributed by atoms with Crippen molar-refractivity contribution in [3.05, 3.63) is 12.3 Å². The summed E-state index contributed by atoms with van der Waals surface area (Å²) in [7, 11) is 0. The number of hydrogen-bond acceptors (Lipinski definition) is 7. The van der Waals surface area contributed by atoms with E-state index in [1.165, 1.54) is 0 Å². The summed E-state index contributed by atoms with van der Waals surface area (Å²) in [6, 6.07) is 0. The number of esters is 2. The van der Waals surface area contributed by atoms with Crippen molar-refractivity contribution in [3.8, 4) is 0 Å². The molecule has 0 saturated heterocycles. The Kier molecular flexibility index (Phi) is 3.80. The summed E-state index contributed by atoms with van der Waals surface area (Å²) in [5.41, 5.74) is 5.39. The van der Waals surface area contributed by atoms with E-state index in [-0.39, 0.29) is 30.5 Å². The van der Waals surface area contributed by atoms with Gasteiger partial charge in [0.25, 0.3) is 0 Å². The zero-order valence-corrected chi connectivity index (χ0v) is 13.6. The number of ether oxygens (including phenoxy) is 2. The molecule has 4 bridgehead atoms. The molecule has 4 N–H and O–H groups in total. The molecule has 4 aliphatic rings. The molecule has 4 rings (SSSR count). The van der Waals surface area contributed by atoms with Gasteiger partial charge in [-0.05, 0) is 61.2 Å². The minimum absolute atomic E-state index is 0.0505. The van der Waals surface area contributed by atoms with Gasteiger partial charge >= 0.3 is 11.9 Å². The third kappa shape index (κ3) is 2.25. The molecule has 0 heterocycles. The van der Waals surface area contributed by atoms with Crippen LogP contribution in [0.4, 0.5) is 0 Å². The molecule has 8 atom stereocenters. The summed E-state index contributed by atoms with van der Waals surface area (Å²) in [6.45, 7) is 3.24. The zero-order chi connectivity index (χ0) is 17.0. The van der Waals surface area contributed by atoms with Crippen LogP contribution in [0.1, 0.15) is 25.7 Å². The van der Waals surface area contributed by atoms with Crippen molar-refractivity contribution in [3.63, 3.8) is 0 Å². The van der Waals surface area contributed by atoms with E-state index in [4.69, 9.17) is 21.1 Å². The van der Waals surface area contributed by atoms with Gasteiger partial charge in [-0.25, -0.2) is 10.7 Å². The molecule has 4 fully saturated rings. The van der Waals surface area contributed by atoms with Gasteiger partial charge in [-0.2, -0.15) is 0 Å². The van der Waals surface area contributed by atoms with Crippen molar-refractivity contribution in [2.45, 2.75) is 31.8 Å². The van der Waals surface area contributed by atoms with Crippen LogP contribution in [-0.2, 0) is 23.9 Å². The van der Waals surface area contributed by atoms with E-state index in [0.717, 1.165) is 25.7 Å². The maximum Gasteiger partial charge on any atom is 0.353 e. The van der Waals surface area contributed by atoms with E-state index >= 15 is 0 Å². The van der Waals surface area contributed by atoms with Crippen molar-refractivity contribution in [2.24, 2.45) is 53.1 Å². The van der Waals surface area contributed by atoms with E-state index < -0.39 is 5.97 Å². The van der Waals surface area contributed by atoms with Gasteiger partial charge in [0, 0.05) is 0 Å². The smallest absolute Gasteiger partial charge is 0.353 e. The first-order valence-corrected chi connectivity index (χ1v) is 8.65. The molecule has 4 aliphatic carbocycles. The minimum atomic E-state index is -0.511. The molecule has 0 aromatic rings. The molecule has 4 saturated carbocycles. The van der Waals surface area contributed by atoms with Gasteiger partial charge in [0.15, 0.2) is 0 Å². The van der Waals surface area contributed by atoms with Crippen LogP contribution in [0.2, 0.25) is 0 Å². The highest BCUT2D eigenvalue weighted by molar-refractivity contribution is 5.86. The third-order valence-corrected chi connectivity index (χ3v) is 6.85. The lowest BCUT2D eigenvalue weighted by molar-refractivity contribution is -0.166. The second kappa shape index (κ2) is 5.74. The van der Waals surface area contributed by atoms with Crippen LogP contribution in [0.15, 0.2) is 12.3 Å². The molecule has 8 unspecified atom stereocenters. The van der Waals surface area contributed by atoms with Gasteiger partial charge in [-0.15, -0.1) is 0 Å². The van der Waals surface area contributed by atoms with Crippen LogP contribution in [0.25, 0.3) is 0 Å². The Morgan fingerprint density at radius 1 is 1.04 bits per heavy atom. The number of carbonyl (C=O) groups excluding carboxylic acids is 2. The van der Waals surface area contributed by atoms with E-state index in [0.29, 0.717) is 35.5 Å². The fraction of sp³-hybridized carbons (Fsp3) is 0.765. The van der Waals surface area contributed by atoms with Gasteiger partial charge in [-0.3, -0.25) is 9.63 Å². The average Bonchev–Trinajstić information content (AvgIpc) is 3.29. The number of fused-ring (bicyclic) bond motifs is 9. The molecular weight excluding hydrogens is 312 g/mol. The van der Waals surface area contributed by atoms with Crippen molar-refractivity contribution in [1.29, 1.82) is 0 Å². The zero-order valence-electron chi connectivity index (χ0n) is 13.6. The Morgan fingerprint density at radius 3 is 2.46 bits per heavy atom. The number of hydrogen-bond donors (Lipinski definition) is 2. The molecule has 0 amide bonds.